The van der Waals surface area contributed by atoms with Gasteiger partial charge in [-0.2, -0.15) is 24.9 Å². The van der Waals surface area contributed by atoms with Gasteiger partial charge in [-0.15, -0.1) is 0 Å². The number of thioether (sulfide) groups is 2. The first-order chi connectivity index (χ1) is 20.1. The summed E-state index contributed by atoms with van der Waals surface area (Å²) >= 11 is 12.6. The number of hydrogen-bond acceptors (Lipinski definition) is 14. The van der Waals surface area contributed by atoms with E-state index in [4.69, 9.17) is 37.7 Å². The van der Waals surface area contributed by atoms with Crippen LogP contribution in [-0.4, -0.2) is 227 Å². The second kappa shape index (κ2) is 21.9. The number of fused-ring (bicyclic) bond motifs is 1. The number of hydrogen-bond donors (Lipinski definition) is 7. The van der Waals surface area contributed by atoms with Gasteiger partial charge in [-0.05, 0) is 6.26 Å². The first-order valence-corrected chi connectivity index (χ1v) is 19.6. The summed E-state index contributed by atoms with van der Waals surface area (Å²) in [7, 11) is -17.4. The zero-order valence-corrected chi connectivity index (χ0v) is 39.7. The summed E-state index contributed by atoms with van der Waals surface area (Å²) in [4.78, 5) is 50.4. The minimum absolute atomic E-state index is 0. The molecule has 0 bridgehead atoms. The number of phosphoric acid groups is 1. The molecule has 4 radical (unpaired) electrons. The van der Waals surface area contributed by atoms with Gasteiger partial charge in [-0.1, -0.05) is 35.0 Å². The predicted molar refractivity (Wildman–Crippen MR) is 176 cm³/mol. The van der Waals surface area contributed by atoms with E-state index < -0.39 is 76.3 Å². The Hall–Kier alpha value is 3.75. The molecule has 0 aliphatic carbocycles. The van der Waals surface area contributed by atoms with Crippen LogP contribution in [0.1, 0.15) is 12.6 Å². The van der Waals surface area contributed by atoms with Crippen molar-refractivity contribution in [2.45, 2.75) is 46.1 Å². The van der Waals surface area contributed by atoms with Gasteiger partial charge in [-0.3, -0.25) is 18.2 Å². The molecule has 0 spiro atoms. The Balaban J connectivity index is 0. The molecule has 3 rings (SSSR count). The summed E-state index contributed by atoms with van der Waals surface area (Å²) in [5.41, 5.74) is 0.119. The number of phosphoric ester groups is 1. The van der Waals surface area contributed by atoms with Crippen molar-refractivity contribution >= 4 is 205 Å². The van der Waals surface area contributed by atoms with Gasteiger partial charge in [0.2, 0.25) is 0 Å². The number of anilines is 1. The molecule has 2 aromatic heterocycles. The van der Waals surface area contributed by atoms with Gasteiger partial charge in [0.15, 0.2) is 28.4 Å². The maximum Gasteiger partial charge on any atom is 0.479 e. The predicted octanol–water partition coefficient (Wildman–Crippen LogP) is 1.33. The standard InChI is InChI=1S/C17H25Cl2F3N5O12P3S2.4Na/c1-43-5-3-23-12-9-13(26-15(25-12)44-4-2-16(20,21)22)27(7-24-9)14-11(29)10(28)8(38-14)6-37-42(35,36)39-41(33,34)17(18,19)40(30,31)32;;;;/h7-8,10-11,14,28-29H,2-6H2,1H3,(H,33,34)(H,35,36)(H,23,25,26)(H2,30,31,32);;;;/t8-,10-,11-,14-;;;;/m1..../s1. The molecule has 1 saturated heterocycles. The van der Waals surface area contributed by atoms with Crippen molar-refractivity contribution in [3.05, 3.63) is 6.33 Å². The van der Waals surface area contributed by atoms with Crippen molar-refractivity contribution in [2.75, 3.05) is 36.2 Å². The molecule has 1 aliphatic heterocycles. The molecule has 3 heterocycles. The number of rotatable bonds is 15. The van der Waals surface area contributed by atoms with Crippen LogP contribution >= 0.6 is 69.7 Å². The third kappa shape index (κ3) is 14.4. The minimum atomic E-state index is -5.97. The summed E-state index contributed by atoms with van der Waals surface area (Å²) in [5, 5.41) is 24.1. The normalized spacial score (nSPS) is 22.3. The van der Waals surface area contributed by atoms with E-state index >= 15 is 0 Å². The summed E-state index contributed by atoms with van der Waals surface area (Å²) in [6.45, 7) is -0.697. The van der Waals surface area contributed by atoms with Crippen molar-refractivity contribution in [2.24, 2.45) is 0 Å². The molecule has 1 aliphatic rings. The molecule has 0 aromatic carbocycles. The van der Waals surface area contributed by atoms with Gasteiger partial charge in [0, 0.05) is 136 Å². The van der Waals surface area contributed by atoms with Crippen LogP contribution in [0.2, 0.25) is 0 Å². The van der Waals surface area contributed by atoms with Crippen LogP contribution in [0.4, 0.5) is 19.0 Å². The van der Waals surface area contributed by atoms with E-state index in [9.17, 15) is 46.9 Å². The van der Waals surface area contributed by atoms with Gasteiger partial charge in [0.1, 0.15) is 18.3 Å². The van der Waals surface area contributed by atoms with Crippen molar-refractivity contribution in [3.8, 4) is 0 Å². The zero-order valence-electron chi connectivity index (χ0n) is 25.9. The number of nitrogens with zero attached hydrogens (tertiary/aromatic N) is 4. The number of aliphatic hydroxyl groups is 2. The topological polar surface area (TPSA) is 256 Å². The zero-order chi connectivity index (χ0) is 33.3. The number of aliphatic hydroxyl groups excluding tert-OH is 2. The Morgan fingerprint density at radius 1 is 1.04 bits per heavy atom. The van der Waals surface area contributed by atoms with E-state index in [0.29, 0.717) is 24.1 Å². The van der Waals surface area contributed by atoms with Crippen molar-refractivity contribution in [3.63, 3.8) is 0 Å². The fourth-order valence-corrected chi connectivity index (χ4v) is 8.81. The molecular weight excluding hydrogens is 843 g/mol. The van der Waals surface area contributed by atoms with Gasteiger partial charge >= 0.3 is 33.0 Å². The van der Waals surface area contributed by atoms with E-state index in [1.165, 1.54) is 11.8 Å². The first-order valence-electron chi connectivity index (χ1n) is 11.7. The minimum Gasteiger partial charge on any atom is -0.387 e. The van der Waals surface area contributed by atoms with Crippen LogP contribution in [-0.2, 0) is 27.3 Å². The largest absolute Gasteiger partial charge is 0.479 e. The number of halogens is 5. The third-order valence-corrected chi connectivity index (χ3v) is 14.7. The van der Waals surface area contributed by atoms with Crippen molar-refractivity contribution < 1.29 is 70.2 Å². The summed E-state index contributed by atoms with van der Waals surface area (Å²) < 4.78 is 85.1. The molecule has 31 heteroatoms. The summed E-state index contributed by atoms with van der Waals surface area (Å²) in [6.07, 6.45) is -9.29. The molecular formula is C17H25Cl2F3N5Na4O12P3S2. The number of aromatic nitrogens is 4. The Labute approximate surface area is 378 Å². The number of nitrogens with one attached hydrogen (secondary N) is 1. The molecule has 2 unspecified atom stereocenters. The van der Waals surface area contributed by atoms with E-state index in [1.807, 2.05) is 6.26 Å². The average molecular weight is 868 g/mol. The van der Waals surface area contributed by atoms with E-state index in [0.717, 1.165) is 10.9 Å². The van der Waals surface area contributed by atoms with Gasteiger partial charge in [0.05, 0.1) is 19.4 Å². The molecule has 48 heavy (non-hydrogen) atoms. The van der Waals surface area contributed by atoms with Gasteiger partial charge in [0.25, 0.3) is 0 Å². The molecule has 6 atom stereocenters. The quantitative estimate of drug-likeness (QED) is 0.0333. The maximum absolute atomic E-state index is 12.7. The van der Waals surface area contributed by atoms with E-state index in [1.54, 1.807) is 0 Å². The second-order valence-electron chi connectivity index (χ2n) is 8.78. The van der Waals surface area contributed by atoms with Crippen LogP contribution in [0.3, 0.4) is 0 Å². The molecule has 7 N–H and O–H groups in total. The van der Waals surface area contributed by atoms with Crippen LogP contribution in [0.25, 0.3) is 11.2 Å². The summed E-state index contributed by atoms with van der Waals surface area (Å²) in [5.74, 6) is 0.407. The SMILES string of the molecule is CSCCNc1nc(SCCC(F)(F)F)nc2c1ncn2[C@@H]1O[C@H](COP(=O)(O)OP(=O)(O)C(Cl)(Cl)P(=O)(O)O)[C@@H](O)[C@H]1O.[Na].[Na].[Na].[Na]. The summed E-state index contributed by atoms with van der Waals surface area (Å²) in [6, 6.07) is 0. The van der Waals surface area contributed by atoms with E-state index in [2.05, 4.69) is 29.1 Å². The fourth-order valence-electron chi connectivity index (χ4n) is 3.44. The van der Waals surface area contributed by atoms with Crippen LogP contribution in [0.15, 0.2) is 11.5 Å². The van der Waals surface area contributed by atoms with Gasteiger partial charge in [-0.25, -0.2) is 23.8 Å². The van der Waals surface area contributed by atoms with Crippen molar-refractivity contribution in [1.82, 2.24) is 19.5 Å². The van der Waals surface area contributed by atoms with Crippen LogP contribution in [0, 0.1) is 0 Å². The molecule has 1 fully saturated rings. The Bertz CT molecular complexity index is 1490. The maximum atomic E-state index is 12.7. The Morgan fingerprint density at radius 3 is 2.19 bits per heavy atom. The fraction of sp³-hybridized carbons (Fsp3) is 0.706. The molecule has 2 aromatic rings. The first kappa shape index (κ1) is 53.9. The monoisotopic (exact) mass is 867 g/mol. The number of ether oxygens (including phenoxy) is 1. The van der Waals surface area contributed by atoms with Crippen LogP contribution in [0.5, 0.6) is 0 Å². The Morgan fingerprint density at radius 2 is 1.65 bits per heavy atom. The smallest absolute Gasteiger partial charge is 0.387 e. The molecule has 0 amide bonds. The number of imidazole rings is 1. The average Bonchev–Trinajstić information content (AvgIpc) is 3.41. The van der Waals surface area contributed by atoms with Gasteiger partial charge < -0.3 is 39.8 Å². The number of alkyl halides is 5. The molecule has 17 nitrogen and oxygen atoms in total. The molecule has 256 valence electrons. The van der Waals surface area contributed by atoms with Crippen molar-refractivity contribution in [1.29, 1.82) is 0 Å². The Kier molecular flexibility index (Phi) is 24.6. The van der Waals surface area contributed by atoms with Crippen LogP contribution < -0.4 is 5.32 Å². The van der Waals surface area contributed by atoms with E-state index in [-0.39, 0.29) is 140 Å². The third-order valence-electron chi connectivity index (χ3n) is 5.53. The molecule has 0 saturated carbocycles. The second-order valence-corrected chi connectivity index (χ2v) is 18.9.